The van der Waals surface area contributed by atoms with E-state index in [1.807, 2.05) is 11.9 Å². The molecule has 4 heteroatoms. The largest absolute Gasteiger partial charge is 0.464 e. The van der Waals surface area contributed by atoms with Crippen molar-refractivity contribution in [3.8, 4) is 0 Å². The van der Waals surface area contributed by atoms with Crippen molar-refractivity contribution in [2.75, 3.05) is 26.2 Å². The van der Waals surface area contributed by atoms with Crippen LogP contribution < -0.4 is 0 Å². The van der Waals surface area contributed by atoms with Gasteiger partial charge in [-0.2, -0.15) is 0 Å². The van der Waals surface area contributed by atoms with E-state index in [2.05, 4.69) is 19.1 Å². The first-order valence-electron chi connectivity index (χ1n) is 10.8. The highest BCUT2D eigenvalue weighted by atomic mass is 35.5. The van der Waals surface area contributed by atoms with E-state index in [0.29, 0.717) is 25.6 Å². The fourth-order valence-corrected chi connectivity index (χ4v) is 2.91. The van der Waals surface area contributed by atoms with Gasteiger partial charge < -0.3 is 4.74 Å². The maximum Gasteiger partial charge on any atom is 0.305 e. The molecule has 0 rings (SSSR count). The molecule has 0 radical (unpaired) electrons. The molecule has 0 spiro atoms. The van der Waals surface area contributed by atoms with Crippen LogP contribution in [0.1, 0.15) is 96.8 Å². The molecule has 0 aromatic heterocycles. The number of carbonyl (C=O) groups is 1. The Kier molecular flexibility index (Phi) is 20.3. The standard InChI is InChI=1S/C22H42ClNO2/c1-3-4-5-6-7-8-9-10-11-12-13-14-15-16-17-18-22(25)26-20-19-24(2)21-23/h10-11H,3-9,12-21H2,1-2H3. The SMILES string of the molecule is CCCCCCCCC=CCCCCCCCC(=O)OCCN(C)CCl. The predicted octanol–water partition coefficient (Wildman–Crippen LogP) is 6.70. The highest BCUT2D eigenvalue weighted by molar-refractivity contribution is 6.17. The van der Waals surface area contributed by atoms with E-state index in [0.717, 1.165) is 12.8 Å². The Labute approximate surface area is 167 Å². The van der Waals surface area contributed by atoms with Gasteiger partial charge in [0.05, 0.1) is 6.00 Å². The molecule has 0 fully saturated rings. The van der Waals surface area contributed by atoms with Crippen LogP contribution in [0.4, 0.5) is 0 Å². The summed E-state index contributed by atoms with van der Waals surface area (Å²) in [4.78, 5) is 13.5. The number of likely N-dealkylation sites (N-methyl/N-ethyl adjacent to an activating group) is 1. The molecular weight excluding hydrogens is 346 g/mol. The third-order valence-electron chi connectivity index (χ3n) is 4.58. The average molecular weight is 388 g/mol. The van der Waals surface area contributed by atoms with Crippen molar-refractivity contribution < 1.29 is 9.53 Å². The number of nitrogens with zero attached hydrogens (tertiary/aromatic N) is 1. The van der Waals surface area contributed by atoms with Crippen LogP contribution in [0.15, 0.2) is 12.2 Å². The fraction of sp³-hybridized carbons (Fsp3) is 0.864. The van der Waals surface area contributed by atoms with Gasteiger partial charge in [0, 0.05) is 13.0 Å². The Bertz CT molecular complexity index is 334. The Balaban J connectivity index is 3.23. The third kappa shape index (κ3) is 19.8. The summed E-state index contributed by atoms with van der Waals surface area (Å²) in [7, 11) is 1.91. The number of alkyl halides is 1. The predicted molar refractivity (Wildman–Crippen MR) is 114 cm³/mol. The summed E-state index contributed by atoms with van der Waals surface area (Å²) in [6.07, 6.45) is 21.8. The summed E-state index contributed by atoms with van der Waals surface area (Å²) >= 11 is 5.66. The number of hydrogen-bond acceptors (Lipinski definition) is 3. The molecular formula is C22H42ClNO2. The topological polar surface area (TPSA) is 29.5 Å². The van der Waals surface area contributed by atoms with E-state index in [-0.39, 0.29) is 5.97 Å². The molecule has 0 saturated carbocycles. The number of allylic oxidation sites excluding steroid dienone is 2. The van der Waals surface area contributed by atoms with Gasteiger partial charge in [-0.3, -0.25) is 9.69 Å². The van der Waals surface area contributed by atoms with Crippen molar-refractivity contribution in [2.45, 2.75) is 96.8 Å². The molecule has 3 nitrogen and oxygen atoms in total. The van der Waals surface area contributed by atoms with E-state index < -0.39 is 0 Å². The van der Waals surface area contributed by atoms with Crippen LogP contribution in [0.3, 0.4) is 0 Å². The summed E-state index contributed by atoms with van der Waals surface area (Å²) in [6, 6.07) is 0.464. The molecule has 0 aliphatic carbocycles. The monoisotopic (exact) mass is 387 g/mol. The van der Waals surface area contributed by atoms with Crippen LogP contribution in [0.2, 0.25) is 0 Å². The Morgan fingerprint density at radius 1 is 0.885 bits per heavy atom. The number of rotatable bonds is 19. The van der Waals surface area contributed by atoms with Crippen LogP contribution >= 0.6 is 11.6 Å². The first-order chi connectivity index (χ1) is 12.7. The van der Waals surface area contributed by atoms with Crippen LogP contribution in [0.25, 0.3) is 0 Å². The van der Waals surface area contributed by atoms with E-state index in [9.17, 15) is 4.79 Å². The van der Waals surface area contributed by atoms with Crippen LogP contribution in [-0.4, -0.2) is 37.1 Å². The molecule has 0 aromatic rings. The first-order valence-corrected chi connectivity index (χ1v) is 11.3. The molecule has 26 heavy (non-hydrogen) atoms. The van der Waals surface area contributed by atoms with E-state index >= 15 is 0 Å². The lowest BCUT2D eigenvalue weighted by molar-refractivity contribution is -0.144. The first kappa shape index (κ1) is 25.5. The lowest BCUT2D eigenvalue weighted by atomic mass is 10.1. The summed E-state index contributed by atoms with van der Waals surface area (Å²) in [5, 5.41) is 0. The number of halogens is 1. The highest BCUT2D eigenvalue weighted by Gasteiger charge is 2.03. The molecule has 0 aliphatic rings. The van der Waals surface area contributed by atoms with Crippen LogP contribution in [0, 0.1) is 0 Å². The minimum absolute atomic E-state index is 0.0781. The maximum atomic E-state index is 11.6. The van der Waals surface area contributed by atoms with Gasteiger partial charge in [0.25, 0.3) is 0 Å². The van der Waals surface area contributed by atoms with Gasteiger partial charge in [0.2, 0.25) is 0 Å². The van der Waals surface area contributed by atoms with E-state index in [1.54, 1.807) is 0 Å². The maximum absolute atomic E-state index is 11.6. The zero-order valence-corrected chi connectivity index (χ0v) is 18.1. The molecule has 154 valence electrons. The summed E-state index contributed by atoms with van der Waals surface area (Å²) in [5.41, 5.74) is 0. The molecule has 0 aliphatic heterocycles. The summed E-state index contributed by atoms with van der Waals surface area (Å²) in [6.45, 7) is 3.40. The van der Waals surface area contributed by atoms with Crippen LogP contribution in [0.5, 0.6) is 0 Å². The molecule has 0 bridgehead atoms. The third-order valence-corrected chi connectivity index (χ3v) is 4.99. The second kappa shape index (κ2) is 20.8. The van der Waals surface area contributed by atoms with Gasteiger partial charge in [-0.05, 0) is 39.2 Å². The zero-order valence-electron chi connectivity index (χ0n) is 17.3. The minimum atomic E-state index is -0.0781. The molecule has 0 heterocycles. The number of unbranched alkanes of at least 4 members (excludes halogenated alkanes) is 11. The van der Waals surface area contributed by atoms with Gasteiger partial charge in [0.1, 0.15) is 6.61 Å². The van der Waals surface area contributed by atoms with Crippen LogP contribution in [-0.2, 0) is 9.53 Å². The Morgan fingerprint density at radius 2 is 1.42 bits per heavy atom. The Morgan fingerprint density at radius 3 is 2.00 bits per heavy atom. The number of hydrogen-bond donors (Lipinski definition) is 0. The van der Waals surface area contributed by atoms with Gasteiger partial charge in [-0.15, -0.1) is 11.6 Å². The summed E-state index contributed by atoms with van der Waals surface area (Å²) in [5.74, 6) is -0.0781. The van der Waals surface area contributed by atoms with Crippen molar-refractivity contribution in [1.29, 1.82) is 0 Å². The summed E-state index contributed by atoms with van der Waals surface area (Å²) < 4.78 is 5.19. The molecule has 0 saturated heterocycles. The molecule has 0 N–H and O–H groups in total. The van der Waals surface area contributed by atoms with Crippen molar-refractivity contribution in [1.82, 2.24) is 4.90 Å². The highest BCUT2D eigenvalue weighted by Crippen LogP contribution is 2.10. The van der Waals surface area contributed by atoms with Gasteiger partial charge >= 0.3 is 5.97 Å². The molecule has 0 amide bonds. The van der Waals surface area contributed by atoms with E-state index in [4.69, 9.17) is 16.3 Å². The quantitative estimate of drug-likeness (QED) is 0.0812. The van der Waals surface area contributed by atoms with Crippen molar-refractivity contribution in [3.63, 3.8) is 0 Å². The fourth-order valence-electron chi connectivity index (χ4n) is 2.79. The number of ether oxygens (including phenoxy) is 1. The molecule has 0 atom stereocenters. The molecule has 0 aromatic carbocycles. The van der Waals surface area contributed by atoms with Crippen molar-refractivity contribution in [2.24, 2.45) is 0 Å². The second-order valence-electron chi connectivity index (χ2n) is 7.25. The number of carbonyl (C=O) groups excluding carboxylic acids is 1. The minimum Gasteiger partial charge on any atom is -0.464 e. The van der Waals surface area contributed by atoms with E-state index in [1.165, 1.54) is 70.6 Å². The molecule has 0 unspecified atom stereocenters. The van der Waals surface area contributed by atoms with Gasteiger partial charge in [0.15, 0.2) is 0 Å². The van der Waals surface area contributed by atoms with Gasteiger partial charge in [-0.25, -0.2) is 0 Å². The average Bonchev–Trinajstić information content (AvgIpc) is 2.64. The van der Waals surface area contributed by atoms with Crippen molar-refractivity contribution >= 4 is 17.6 Å². The lowest BCUT2D eigenvalue weighted by Gasteiger charge is -2.12. The second-order valence-corrected chi connectivity index (χ2v) is 7.49. The Hall–Kier alpha value is -0.540. The normalized spacial score (nSPS) is 11.5. The number of esters is 1. The zero-order chi connectivity index (χ0) is 19.3. The lowest BCUT2D eigenvalue weighted by Crippen LogP contribution is -2.23. The van der Waals surface area contributed by atoms with Crippen molar-refractivity contribution in [3.05, 3.63) is 12.2 Å². The van der Waals surface area contributed by atoms with Gasteiger partial charge in [-0.1, -0.05) is 70.4 Å². The smallest absolute Gasteiger partial charge is 0.305 e.